The van der Waals surface area contributed by atoms with Crippen LogP contribution in [0.1, 0.15) is 50.4 Å². The van der Waals surface area contributed by atoms with Crippen LogP contribution in [0.4, 0.5) is 0 Å². The number of allylic oxidation sites excluding steroid dienone is 1. The highest BCUT2D eigenvalue weighted by Crippen LogP contribution is 2.60. The summed E-state index contributed by atoms with van der Waals surface area (Å²) in [6.45, 7) is 0. The number of fused-ring (bicyclic) bond motifs is 16. The first kappa shape index (κ1) is 18.2. The normalized spacial score (nSPS) is 16.8. The summed E-state index contributed by atoms with van der Waals surface area (Å²) in [5.74, 6) is 0.297. The Morgan fingerprint density at radius 3 is 1.83 bits per heavy atom. The van der Waals surface area contributed by atoms with Gasteiger partial charge in [-0.25, -0.2) is 0 Å². The molecule has 4 aliphatic carbocycles. The predicted octanol–water partition coefficient (Wildman–Crippen LogP) is 8.50. The molecule has 162 valence electrons. The van der Waals surface area contributed by atoms with E-state index in [1.165, 1.54) is 83.5 Å². The molecule has 0 bridgehead atoms. The fraction of sp³-hybridized carbons (Fsp3) is 0.0857. The Morgan fingerprint density at radius 1 is 0.429 bits per heavy atom. The molecule has 0 heterocycles. The molecule has 5 aromatic rings. The van der Waals surface area contributed by atoms with Gasteiger partial charge in [0.25, 0.3) is 0 Å². The van der Waals surface area contributed by atoms with Crippen molar-refractivity contribution in [2.75, 3.05) is 0 Å². The van der Waals surface area contributed by atoms with Gasteiger partial charge in [-0.2, -0.15) is 0 Å². The smallest absolute Gasteiger partial charge is 0.0358 e. The van der Waals surface area contributed by atoms with Gasteiger partial charge in [-0.05, 0) is 102 Å². The van der Waals surface area contributed by atoms with Crippen molar-refractivity contribution in [1.82, 2.24) is 0 Å². The van der Waals surface area contributed by atoms with Crippen molar-refractivity contribution in [3.8, 4) is 33.4 Å². The largest absolute Gasteiger partial charge is 0.0619 e. The zero-order chi connectivity index (χ0) is 22.7. The maximum absolute atomic E-state index is 2.48. The second kappa shape index (κ2) is 6.29. The average Bonchev–Trinajstić information content (AvgIpc) is 3.59. The molecule has 0 heteroatoms. The maximum Gasteiger partial charge on any atom is 0.0358 e. The number of rotatable bonds is 0. The lowest BCUT2D eigenvalue weighted by atomic mass is 9.70. The van der Waals surface area contributed by atoms with Crippen LogP contribution in [0.5, 0.6) is 0 Å². The Balaban J connectivity index is 1.45. The van der Waals surface area contributed by atoms with Crippen molar-refractivity contribution in [2.45, 2.75) is 18.8 Å². The lowest BCUT2D eigenvalue weighted by molar-refractivity contribution is 1.05. The van der Waals surface area contributed by atoms with Crippen LogP contribution in [-0.2, 0) is 12.8 Å². The SMILES string of the molecule is C1=C2c3c(ccc4c3-c3ccccc3C4)-c3c(ccc4c3-c3ccccc3C4)C2c2ccccc21. The van der Waals surface area contributed by atoms with Gasteiger partial charge in [-0.15, -0.1) is 0 Å². The molecule has 0 aliphatic heterocycles. The van der Waals surface area contributed by atoms with Gasteiger partial charge in [0.2, 0.25) is 0 Å². The van der Waals surface area contributed by atoms with Gasteiger partial charge in [0.1, 0.15) is 0 Å². The van der Waals surface area contributed by atoms with Gasteiger partial charge >= 0.3 is 0 Å². The van der Waals surface area contributed by atoms with Crippen molar-refractivity contribution in [3.05, 3.63) is 142 Å². The molecule has 4 aliphatic rings. The third-order valence-electron chi connectivity index (χ3n) is 8.75. The minimum atomic E-state index is 0.297. The molecule has 5 aromatic carbocycles. The third-order valence-corrected chi connectivity index (χ3v) is 8.75. The topological polar surface area (TPSA) is 0 Å². The zero-order valence-corrected chi connectivity index (χ0v) is 19.3. The molecule has 0 aromatic heterocycles. The summed E-state index contributed by atoms with van der Waals surface area (Å²) < 4.78 is 0. The van der Waals surface area contributed by atoms with Crippen LogP contribution in [0.25, 0.3) is 45.0 Å². The maximum atomic E-state index is 2.48. The molecule has 0 spiro atoms. The van der Waals surface area contributed by atoms with E-state index >= 15 is 0 Å². The fourth-order valence-corrected chi connectivity index (χ4v) is 7.38. The van der Waals surface area contributed by atoms with E-state index < -0.39 is 0 Å². The molecule has 35 heavy (non-hydrogen) atoms. The van der Waals surface area contributed by atoms with Crippen molar-refractivity contribution >= 4 is 11.6 Å². The first-order valence-corrected chi connectivity index (χ1v) is 12.7. The van der Waals surface area contributed by atoms with Crippen molar-refractivity contribution < 1.29 is 0 Å². The van der Waals surface area contributed by atoms with Gasteiger partial charge in [0, 0.05) is 5.92 Å². The minimum absolute atomic E-state index is 0.297. The molecule has 1 atom stereocenters. The quantitative estimate of drug-likeness (QED) is 0.221. The monoisotopic (exact) mass is 442 g/mol. The van der Waals surface area contributed by atoms with Crippen LogP contribution in [-0.4, -0.2) is 0 Å². The van der Waals surface area contributed by atoms with E-state index in [9.17, 15) is 0 Å². The van der Waals surface area contributed by atoms with E-state index in [2.05, 4.69) is 103 Å². The van der Waals surface area contributed by atoms with E-state index in [-0.39, 0.29) is 0 Å². The predicted molar refractivity (Wildman–Crippen MR) is 145 cm³/mol. The van der Waals surface area contributed by atoms with Crippen molar-refractivity contribution in [2.24, 2.45) is 0 Å². The third kappa shape index (κ3) is 2.19. The van der Waals surface area contributed by atoms with E-state index in [1.807, 2.05) is 0 Å². The fourth-order valence-electron chi connectivity index (χ4n) is 7.38. The first-order valence-electron chi connectivity index (χ1n) is 12.7. The van der Waals surface area contributed by atoms with Crippen LogP contribution in [0.15, 0.2) is 97.1 Å². The van der Waals surface area contributed by atoms with Crippen molar-refractivity contribution in [3.63, 3.8) is 0 Å². The van der Waals surface area contributed by atoms with Crippen LogP contribution >= 0.6 is 0 Å². The Labute approximate surface area is 205 Å². The lowest BCUT2D eigenvalue weighted by Crippen LogP contribution is -2.12. The number of benzene rings is 5. The molecule has 0 radical (unpaired) electrons. The molecule has 0 nitrogen and oxygen atoms in total. The standard InChI is InChI=1S/C35H22/c1-4-10-25-20(7-1)17-23-13-15-28-33-27-12-6-3-9-22(27)19-30(33)35-29(34(28)31(23)25)16-14-24-18-21-8-2-5-11-26(21)32(24)35/h1-16,19,33H,17-18H2. The summed E-state index contributed by atoms with van der Waals surface area (Å²) in [5.41, 5.74) is 21.8. The molecule has 0 N–H and O–H groups in total. The average molecular weight is 443 g/mol. The Kier molecular flexibility index (Phi) is 3.27. The summed E-state index contributed by atoms with van der Waals surface area (Å²) in [6, 6.07) is 36.7. The highest BCUT2D eigenvalue weighted by molar-refractivity contribution is 6.10. The molecular formula is C35H22. The summed E-state index contributed by atoms with van der Waals surface area (Å²) in [4.78, 5) is 0. The number of hydrogen-bond acceptors (Lipinski definition) is 0. The van der Waals surface area contributed by atoms with E-state index in [1.54, 1.807) is 0 Å². The summed E-state index contributed by atoms with van der Waals surface area (Å²) in [5, 5.41) is 0. The number of hydrogen-bond donors (Lipinski definition) is 0. The van der Waals surface area contributed by atoms with Gasteiger partial charge in [-0.3, -0.25) is 0 Å². The molecule has 0 amide bonds. The highest BCUT2D eigenvalue weighted by atomic mass is 14.4. The van der Waals surface area contributed by atoms with Gasteiger partial charge in [0.05, 0.1) is 0 Å². The summed E-state index contributed by atoms with van der Waals surface area (Å²) >= 11 is 0. The Hall–Kier alpha value is -4.16. The van der Waals surface area contributed by atoms with Gasteiger partial charge in [0.15, 0.2) is 0 Å². The summed E-state index contributed by atoms with van der Waals surface area (Å²) in [6.07, 6.45) is 4.54. The Morgan fingerprint density at radius 2 is 1.06 bits per heavy atom. The van der Waals surface area contributed by atoms with Crippen LogP contribution in [0.2, 0.25) is 0 Å². The van der Waals surface area contributed by atoms with E-state index in [0.717, 1.165) is 12.8 Å². The molecule has 1 unspecified atom stereocenters. The summed E-state index contributed by atoms with van der Waals surface area (Å²) in [7, 11) is 0. The zero-order valence-electron chi connectivity index (χ0n) is 19.3. The lowest BCUT2D eigenvalue weighted by Gasteiger charge is -2.32. The highest BCUT2D eigenvalue weighted by Gasteiger charge is 2.40. The molecule has 0 saturated carbocycles. The van der Waals surface area contributed by atoms with E-state index in [0.29, 0.717) is 5.92 Å². The molecule has 0 fully saturated rings. The van der Waals surface area contributed by atoms with Crippen LogP contribution in [0, 0.1) is 0 Å². The van der Waals surface area contributed by atoms with Crippen LogP contribution in [0.3, 0.4) is 0 Å². The molecule has 0 saturated heterocycles. The Bertz CT molecular complexity index is 1800. The molecule has 9 rings (SSSR count). The van der Waals surface area contributed by atoms with Gasteiger partial charge in [-0.1, -0.05) is 97.1 Å². The van der Waals surface area contributed by atoms with Gasteiger partial charge < -0.3 is 0 Å². The second-order valence-electron chi connectivity index (χ2n) is 10.4. The second-order valence-corrected chi connectivity index (χ2v) is 10.4. The van der Waals surface area contributed by atoms with Crippen molar-refractivity contribution in [1.29, 1.82) is 0 Å². The molecular weight excluding hydrogens is 420 g/mol. The minimum Gasteiger partial charge on any atom is -0.0619 e. The first-order chi connectivity index (χ1) is 17.4. The van der Waals surface area contributed by atoms with E-state index in [4.69, 9.17) is 0 Å². The van der Waals surface area contributed by atoms with Crippen LogP contribution < -0.4 is 0 Å².